The molecule has 1 aliphatic rings. The summed E-state index contributed by atoms with van der Waals surface area (Å²) < 4.78 is 6.17. The Morgan fingerprint density at radius 1 is 1.38 bits per heavy atom. The minimum absolute atomic E-state index is 0.513. The van der Waals surface area contributed by atoms with Gasteiger partial charge in [-0.1, -0.05) is 28.1 Å². The SMILES string of the molecule is O=C(O)C1(c2cccc(Br)c2)CCOCC1. The van der Waals surface area contributed by atoms with Crippen LogP contribution in [0.2, 0.25) is 0 Å². The van der Waals surface area contributed by atoms with Crippen LogP contribution in [0.4, 0.5) is 0 Å². The van der Waals surface area contributed by atoms with E-state index in [0.717, 1.165) is 10.0 Å². The second-order valence-electron chi connectivity index (χ2n) is 4.01. The second-order valence-corrected chi connectivity index (χ2v) is 4.93. The molecule has 1 fully saturated rings. The predicted molar refractivity (Wildman–Crippen MR) is 63.5 cm³/mol. The molecule has 4 heteroatoms. The van der Waals surface area contributed by atoms with Crippen LogP contribution in [0.1, 0.15) is 18.4 Å². The number of aliphatic carboxylic acids is 1. The van der Waals surface area contributed by atoms with Crippen molar-refractivity contribution in [2.24, 2.45) is 0 Å². The Hall–Kier alpha value is -0.870. The highest BCUT2D eigenvalue weighted by Gasteiger charge is 2.41. The third kappa shape index (κ3) is 1.99. The van der Waals surface area contributed by atoms with Crippen molar-refractivity contribution in [3.05, 3.63) is 34.3 Å². The molecule has 0 saturated carbocycles. The number of halogens is 1. The summed E-state index contributed by atoms with van der Waals surface area (Å²) in [6.07, 6.45) is 1.08. The molecule has 1 aliphatic heterocycles. The molecule has 0 unspecified atom stereocenters. The van der Waals surface area contributed by atoms with Gasteiger partial charge in [0.25, 0.3) is 0 Å². The molecule has 0 bridgehead atoms. The lowest BCUT2D eigenvalue weighted by Gasteiger charge is -2.33. The van der Waals surface area contributed by atoms with Crippen molar-refractivity contribution in [1.29, 1.82) is 0 Å². The van der Waals surface area contributed by atoms with Gasteiger partial charge in [-0.3, -0.25) is 4.79 Å². The van der Waals surface area contributed by atoms with E-state index in [-0.39, 0.29) is 0 Å². The zero-order chi connectivity index (χ0) is 11.6. The summed E-state index contributed by atoms with van der Waals surface area (Å²) in [6.45, 7) is 1.03. The van der Waals surface area contributed by atoms with Crippen molar-refractivity contribution in [3.8, 4) is 0 Å². The maximum absolute atomic E-state index is 11.5. The molecule has 1 N–H and O–H groups in total. The fourth-order valence-electron chi connectivity index (χ4n) is 2.13. The number of benzene rings is 1. The van der Waals surface area contributed by atoms with Gasteiger partial charge in [-0.05, 0) is 30.5 Å². The van der Waals surface area contributed by atoms with Crippen molar-refractivity contribution in [3.63, 3.8) is 0 Å². The first-order chi connectivity index (χ1) is 7.65. The third-order valence-corrected chi connectivity index (χ3v) is 3.63. The molecule has 86 valence electrons. The predicted octanol–water partition coefficient (Wildman–Crippen LogP) is 2.58. The first kappa shape index (κ1) is 11.6. The van der Waals surface area contributed by atoms with Crippen LogP contribution in [0, 0.1) is 0 Å². The van der Waals surface area contributed by atoms with Gasteiger partial charge in [0, 0.05) is 17.7 Å². The summed E-state index contributed by atoms with van der Waals surface area (Å²) in [4.78, 5) is 11.5. The van der Waals surface area contributed by atoms with Gasteiger partial charge in [0.05, 0.1) is 5.41 Å². The van der Waals surface area contributed by atoms with Crippen molar-refractivity contribution < 1.29 is 14.6 Å². The molecule has 1 aromatic carbocycles. The number of hydrogen-bond donors (Lipinski definition) is 1. The summed E-state index contributed by atoms with van der Waals surface area (Å²) in [6, 6.07) is 7.54. The molecule has 0 spiro atoms. The minimum Gasteiger partial charge on any atom is -0.481 e. The van der Waals surface area contributed by atoms with E-state index in [2.05, 4.69) is 15.9 Å². The van der Waals surface area contributed by atoms with Crippen molar-refractivity contribution in [1.82, 2.24) is 0 Å². The minimum atomic E-state index is -0.776. The van der Waals surface area contributed by atoms with E-state index in [4.69, 9.17) is 4.74 Å². The quantitative estimate of drug-likeness (QED) is 0.908. The first-order valence-corrected chi connectivity index (χ1v) is 6.02. The lowest BCUT2D eigenvalue weighted by Crippen LogP contribution is -2.41. The lowest BCUT2D eigenvalue weighted by molar-refractivity contribution is -0.147. The van der Waals surface area contributed by atoms with Crippen LogP contribution in [-0.2, 0) is 14.9 Å². The summed E-state index contributed by atoms with van der Waals surface area (Å²) >= 11 is 3.38. The highest BCUT2D eigenvalue weighted by molar-refractivity contribution is 9.10. The lowest BCUT2D eigenvalue weighted by atomic mass is 9.74. The van der Waals surface area contributed by atoms with E-state index in [0.29, 0.717) is 26.1 Å². The number of ether oxygens (including phenoxy) is 1. The van der Waals surface area contributed by atoms with E-state index in [1.807, 2.05) is 24.3 Å². The van der Waals surface area contributed by atoms with Crippen LogP contribution in [0.5, 0.6) is 0 Å². The van der Waals surface area contributed by atoms with Gasteiger partial charge in [-0.15, -0.1) is 0 Å². The van der Waals surface area contributed by atoms with Crippen LogP contribution >= 0.6 is 15.9 Å². The first-order valence-electron chi connectivity index (χ1n) is 5.22. The van der Waals surface area contributed by atoms with E-state index >= 15 is 0 Å². The Morgan fingerprint density at radius 2 is 2.06 bits per heavy atom. The van der Waals surface area contributed by atoms with Gasteiger partial charge in [0.1, 0.15) is 0 Å². The van der Waals surface area contributed by atoms with Crippen LogP contribution in [-0.4, -0.2) is 24.3 Å². The highest BCUT2D eigenvalue weighted by atomic mass is 79.9. The van der Waals surface area contributed by atoms with Crippen LogP contribution in [0.25, 0.3) is 0 Å². The third-order valence-electron chi connectivity index (χ3n) is 3.13. The Morgan fingerprint density at radius 3 is 2.62 bits per heavy atom. The van der Waals surface area contributed by atoms with Gasteiger partial charge in [-0.25, -0.2) is 0 Å². The fourth-order valence-corrected chi connectivity index (χ4v) is 2.53. The van der Waals surface area contributed by atoms with Crippen LogP contribution in [0.15, 0.2) is 28.7 Å². The second kappa shape index (κ2) is 4.55. The van der Waals surface area contributed by atoms with E-state index in [1.54, 1.807) is 0 Å². The standard InChI is InChI=1S/C12H13BrO3/c13-10-3-1-2-9(8-10)12(11(14)15)4-6-16-7-5-12/h1-3,8H,4-7H2,(H,14,15). The number of carboxylic acid groups (broad SMARTS) is 1. The smallest absolute Gasteiger partial charge is 0.314 e. The molecule has 1 aromatic rings. The Labute approximate surface area is 103 Å². The molecule has 0 radical (unpaired) electrons. The van der Waals surface area contributed by atoms with Crippen LogP contribution in [0.3, 0.4) is 0 Å². The molecule has 1 saturated heterocycles. The molecular weight excluding hydrogens is 272 g/mol. The zero-order valence-electron chi connectivity index (χ0n) is 8.78. The Bertz CT molecular complexity index is 397. The monoisotopic (exact) mass is 284 g/mol. The fraction of sp³-hybridized carbons (Fsp3) is 0.417. The largest absolute Gasteiger partial charge is 0.481 e. The molecule has 0 atom stereocenters. The average Bonchev–Trinajstić information content (AvgIpc) is 2.30. The zero-order valence-corrected chi connectivity index (χ0v) is 10.4. The highest BCUT2D eigenvalue weighted by Crippen LogP contribution is 2.36. The van der Waals surface area contributed by atoms with Gasteiger partial charge >= 0.3 is 5.97 Å². The van der Waals surface area contributed by atoms with E-state index in [9.17, 15) is 9.90 Å². The average molecular weight is 285 g/mol. The number of hydrogen-bond acceptors (Lipinski definition) is 2. The van der Waals surface area contributed by atoms with E-state index < -0.39 is 11.4 Å². The van der Waals surface area contributed by atoms with Crippen LogP contribution < -0.4 is 0 Å². The summed E-state index contributed by atoms with van der Waals surface area (Å²) in [5, 5.41) is 9.46. The van der Waals surface area contributed by atoms with Crippen molar-refractivity contribution in [2.75, 3.05) is 13.2 Å². The summed E-state index contributed by atoms with van der Waals surface area (Å²) in [7, 11) is 0. The van der Waals surface area contributed by atoms with Gasteiger partial charge in [0.15, 0.2) is 0 Å². The number of rotatable bonds is 2. The normalized spacial score (nSPS) is 19.3. The topological polar surface area (TPSA) is 46.5 Å². The van der Waals surface area contributed by atoms with Gasteiger partial charge in [0.2, 0.25) is 0 Å². The molecule has 1 heterocycles. The van der Waals surface area contributed by atoms with E-state index in [1.165, 1.54) is 0 Å². The molecule has 16 heavy (non-hydrogen) atoms. The van der Waals surface area contributed by atoms with Crippen molar-refractivity contribution in [2.45, 2.75) is 18.3 Å². The maximum atomic E-state index is 11.5. The Kier molecular flexibility index (Phi) is 3.30. The Balaban J connectivity index is 2.42. The molecule has 0 aromatic heterocycles. The molecule has 0 aliphatic carbocycles. The summed E-state index contributed by atoms with van der Waals surface area (Å²) in [5.41, 5.74) is 0.0832. The van der Waals surface area contributed by atoms with Crippen molar-refractivity contribution >= 4 is 21.9 Å². The molecule has 3 nitrogen and oxygen atoms in total. The maximum Gasteiger partial charge on any atom is 0.314 e. The molecular formula is C12H13BrO3. The van der Waals surface area contributed by atoms with Gasteiger partial charge in [-0.2, -0.15) is 0 Å². The molecule has 0 amide bonds. The molecule has 2 rings (SSSR count). The number of carbonyl (C=O) groups is 1. The summed E-state index contributed by atoms with van der Waals surface area (Å²) in [5.74, 6) is -0.756. The van der Waals surface area contributed by atoms with Gasteiger partial charge < -0.3 is 9.84 Å². The number of carboxylic acids is 1.